The number of hydrogen-bond donors (Lipinski definition) is 1. The molecule has 0 saturated heterocycles. The van der Waals surface area contributed by atoms with Crippen molar-refractivity contribution in [1.29, 1.82) is 0 Å². The van der Waals surface area contributed by atoms with Crippen molar-refractivity contribution in [3.05, 3.63) is 36.0 Å². The fourth-order valence-electron chi connectivity index (χ4n) is 4.35. The van der Waals surface area contributed by atoms with Gasteiger partial charge in [0, 0.05) is 30.4 Å². The van der Waals surface area contributed by atoms with E-state index in [1.807, 2.05) is 6.07 Å². The maximum absolute atomic E-state index is 12.9. The molecular weight excluding hydrogens is 375 g/mol. The second kappa shape index (κ2) is 10.3. The highest BCUT2D eigenvalue weighted by molar-refractivity contribution is 5.91. The van der Waals surface area contributed by atoms with Gasteiger partial charge in [0.15, 0.2) is 0 Å². The third kappa shape index (κ3) is 6.33. The molecule has 29 heavy (non-hydrogen) atoms. The smallest absolute Gasteiger partial charge is 0.384 e. The van der Waals surface area contributed by atoms with Crippen LogP contribution in [0.2, 0.25) is 0 Å². The molecule has 3 rings (SSSR count). The number of nitrogens with zero attached hydrogens (tertiary/aromatic N) is 2. The van der Waals surface area contributed by atoms with Crippen LogP contribution in [0, 0.1) is 5.92 Å². The quantitative estimate of drug-likeness (QED) is 0.491. The second-order valence-electron chi connectivity index (χ2n) is 8.17. The zero-order valence-corrected chi connectivity index (χ0v) is 17.3. The highest BCUT2D eigenvalue weighted by Crippen LogP contribution is 2.32. The lowest BCUT2D eigenvalue weighted by Crippen LogP contribution is -2.33. The second-order valence-corrected chi connectivity index (χ2v) is 8.17. The lowest BCUT2D eigenvalue weighted by atomic mass is 9.89. The number of fused-ring (bicyclic) bond motifs is 1. The van der Waals surface area contributed by atoms with Gasteiger partial charge in [-0.05, 0) is 62.9 Å². The maximum atomic E-state index is 12.9. The Morgan fingerprint density at radius 3 is 2.62 bits per heavy atom. The van der Waals surface area contributed by atoms with E-state index in [0.717, 1.165) is 61.6 Å². The Balaban J connectivity index is 1.54. The molecule has 1 aliphatic carbocycles. The third-order valence-corrected chi connectivity index (χ3v) is 5.82. The first-order valence-electron chi connectivity index (χ1n) is 10.9. The molecule has 0 radical (unpaired) electrons. The topological polar surface area (TPSA) is 28.2 Å². The lowest BCUT2D eigenvalue weighted by Gasteiger charge is -2.29. The van der Waals surface area contributed by atoms with Gasteiger partial charge in [-0.1, -0.05) is 32.3 Å². The first kappa shape index (κ1) is 21.9. The van der Waals surface area contributed by atoms with Crippen LogP contribution in [0.4, 0.5) is 18.9 Å². The van der Waals surface area contributed by atoms with Crippen LogP contribution in [0.3, 0.4) is 0 Å². The summed E-state index contributed by atoms with van der Waals surface area (Å²) in [7, 11) is 0. The average molecular weight is 408 g/mol. The minimum atomic E-state index is -4.35. The van der Waals surface area contributed by atoms with Crippen LogP contribution in [0.1, 0.15) is 57.4 Å². The first-order chi connectivity index (χ1) is 14.0. The van der Waals surface area contributed by atoms with Crippen LogP contribution >= 0.6 is 0 Å². The normalized spacial score (nSPS) is 15.9. The standard InChI is InChI=1S/C23H32F3N3/c1-2-14-29(17-18-7-4-3-5-8-18)15-6-12-27-21-11-13-28-22-16-19(23(24,25)26)9-10-20(21)22/h9-11,13,16,18H,2-8,12,14-15,17H2,1H3,(H,27,28). The maximum Gasteiger partial charge on any atom is 0.416 e. The average Bonchev–Trinajstić information content (AvgIpc) is 2.71. The molecule has 0 bridgehead atoms. The molecule has 1 aromatic carbocycles. The van der Waals surface area contributed by atoms with E-state index in [0.29, 0.717) is 5.52 Å². The van der Waals surface area contributed by atoms with Crippen molar-refractivity contribution in [1.82, 2.24) is 9.88 Å². The Bertz CT molecular complexity index is 770. The van der Waals surface area contributed by atoms with Crippen molar-refractivity contribution >= 4 is 16.6 Å². The number of alkyl halides is 3. The van der Waals surface area contributed by atoms with Crippen molar-refractivity contribution < 1.29 is 13.2 Å². The molecule has 1 fully saturated rings. The van der Waals surface area contributed by atoms with Gasteiger partial charge in [0.25, 0.3) is 0 Å². The van der Waals surface area contributed by atoms with Gasteiger partial charge in [-0.2, -0.15) is 13.2 Å². The highest BCUT2D eigenvalue weighted by atomic mass is 19.4. The van der Waals surface area contributed by atoms with E-state index in [-0.39, 0.29) is 0 Å². The number of nitrogens with one attached hydrogen (secondary N) is 1. The summed E-state index contributed by atoms with van der Waals surface area (Å²) in [5.74, 6) is 0.843. The molecule has 1 aromatic heterocycles. The number of benzene rings is 1. The Morgan fingerprint density at radius 2 is 1.90 bits per heavy atom. The summed E-state index contributed by atoms with van der Waals surface area (Å²) in [6.07, 6.45) is 6.25. The molecule has 0 aliphatic heterocycles. The summed E-state index contributed by atoms with van der Waals surface area (Å²) >= 11 is 0. The summed E-state index contributed by atoms with van der Waals surface area (Å²) in [5.41, 5.74) is 0.556. The number of halogens is 3. The molecule has 1 heterocycles. The predicted molar refractivity (Wildman–Crippen MR) is 113 cm³/mol. The number of pyridine rings is 1. The Kier molecular flexibility index (Phi) is 7.76. The lowest BCUT2D eigenvalue weighted by molar-refractivity contribution is -0.137. The van der Waals surface area contributed by atoms with Crippen molar-refractivity contribution in [2.75, 3.05) is 31.5 Å². The van der Waals surface area contributed by atoms with Crippen LogP contribution in [0.5, 0.6) is 0 Å². The molecular formula is C23H32F3N3. The van der Waals surface area contributed by atoms with E-state index in [2.05, 4.69) is 22.1 Å². The summed E-state index contributed by atoms with van der Waals surface area (Å²) < 4.78 is 38.8. The molecule has 160 valence electrons. The minimum absolute atomic E-state index is 0.370. The molecule has 0 atom stereocenters. The van der Waals surface area contributed by atoms with Crippen molar-refractivity contribution in [3.63, 3.8) is 0 Å². The molecule has 1 aliphatic rings. The van der Waals surface area contributed by atoms with E-state index >= 15 is 0 Å². The van der Waals surface area contributed by atoms with Crippen LogP contribution in [0.25, 0.3) is 10.9 Å². The minimum Gasteiger partial charge on any atom is -0.384 e. The van der Waals surface area contributed by atoms with E-state index in [1.165, 1.54) is 44.7 Å². The summed E-state index contributed by atoms with van der Waals surface area (Å²) in [5, 5.41) is 4.13. The Hall–Kier alpha value is -1.82. The van der Waals surface area contributed by atoms with Gasteiger partial charge in [-0.25, -0.2) is 0 Å². The Labute approximate surface area is 171 Å². The largest absolute Gasteiger partial charge is 0.416 e. The molecule has 6 heteroatoms. The fraction of sp³-hybridized carbons (Fsp3) is 0.609. The van der Waals surface area contributed by atoms with Crippen LogP contribution < -0.4 is 5.32 Å². The van der Waals surface area contributed by atoms with Gasteiger partial charge in [-0.3, -0.25) is 4.98 Å². The SMILES string of the molecule is CCCN(CCCNc1ccnc2cc(C(F)(F)F)ccc12)CC1CCCCC1. The van der Waals surface area contributed by atoms with Gasteiger partial charge in [0.2, 0.25) is 0 Å². The zero-order valence-electron chi connectivity index (χ0n) is 17.3. The van der Waals surface area contributed by atoms with Crippen LogP contribution in [0.15, 0.2) is 30.5 Å². The molecule has 0 amide bonds. The number of anilines is 1. The molecule has 0 spiro atoms. The van der Waals surface area contributed by atoms with E-state index < -0.39 is 11.7 Å². The Morgan fingerprint density at radius 1 is 1.10 bits per heavy atom. The zero-order chi connectivity index (χ0) is 20.7. The number of aromatic nitrogens is 1. The number of hydrogen-bond acceptors (Lipinski definition) is 3. The summed E-state index contributed by atoms with van der Waals surface area (Å²) in [4.78, 5) is 6.69. The molecule has 2 aromatic rings. The van der Waals surface area contributed by atoms with E-state index in [9.17, 15) is 13.2 Å². The van der Waals surface area contributed by atoms with E-state index in [4.69, 9.17) is 0 Å². The monoisotopic (exact) mass is 407 g/mol. The third-order valence-electron chi connectivity index (χ3n) is 5.82. The molecule has 3 nitrogen and oxygen atoms in total. The number of rotatable bonds is 9. The summed E-state index contributed by atoms with van der Waals surface area (Å²) in [6, 6.07) is 5.59. The van der Waals surface area contributed by atoms with Gasteiger partial charge in [0.05, 0.1) is 11.1 Å². The van der Waals surface area contributed by atoms with Crippen molar-refractivity contribution in [2.45, 2.75) is 58.0 Å². The summed E-state index contributed by atoms with van der Waals surface area (Å²) in [6.45, 7) is 6.41. The van der Waals surface area contributed by atoms with Crippen LogP contribution in [-0.4, -0.2) is 36.1 Å². The van der Waals surface area contributed by atoms with Crippen LogP contribution in [-0.2, 0) is 6.18 Å². The highest BCUT2D eigenvalue weighted by Gasteiger charge is 2.30. The van der Waals surface area contributed by atoms with E-state index in [1.54, 1.807) is 6.20 Å². The molecule has 1 saturated carbocycles. The van der Waals surface area contributed by atoms with Gasteiger partial charge in [-0.15, -0.1) is 0 Å². The van der Waals surface area contributed by atoms with Crippen molar-refractivity contribution in [2.24, 2.45) is 5.92 Å². The molecule has 1 N–H and O–H groups in total. The van der Waals surface area contributed by atoms with Crippen molar-refractivity contribution in [3.8, 4) is 0 Å². The fourth-order valence-corrected chi connectivity index (χ4v) is 4.35. The molecule has 0 unspecified atom stereocenters. The predicted octanol–water partition coefficient (Wildman–Crippen LogP) is 6.35. The van der Waals surface area contributed by atoms with Gasteiger partial charge in [0.1, 0.15) is 0 Å². The van der Waals surface area contributed by atoms with Gasteiger partial charge >= 0.3 is 6.18 Å². The first-order valence-corrected chi connectivity index (χ1v) is 10.9. The van der Waals surface area contributed by atoms with Gasteiger partial charge < -0.3 is 10.2 Å².